The molecular weight excluding hydrogens is 266 g/mol. The zero-order valence-electron chi connectivity index (χ0n) is 11.7. The summed E-state index contributed by atoms with van der Waals surface area (Å²) in [5.41, 5.74) is 9.37. The van der Waals surface area contributed by atoms with Gasteiger partial charge in [-0.25, -0.2) is 0 Å². The van der Waals surface area contributed by atoms with Crippen molar-refractivity contribution in [3.05, 3.63) is 47.4 Å². The first-order valence-electron chi connectivity index (χ1n) is 6.90. The highest BCUT2D eigenvalue weighted by Crippen LogP contribution is 2.33. The number of aryl methyl sites for hydroxylation is 1. The van der Waals surface area contributed by atoms with E-state index in [1.165, 1.54) is 11.1 Å². The van der Waals surface area contributed by atoms with Gasteiger partial charge in [0, 0.05) is 13.0 Å². The Hall–Kier alpha value is -2.63. The molecule has 0 amide bonds. The highest BCUT2D eigenvalue weighted by molar-refractivity contribution is 5.66. The molecule has 6 heteroatoms. The Bertz CT molecular complexity index is 779. The van der Waals surface area contributed by atoms with Crippen molar-refractivity contribution in [2.24, 2.45) is 7.05 Å². The third-order valence-corrected chi connectivity index (χ3v) is 4.07. The number of hydrogen-bond acceptors (Lipinski definition) is 5. The van der Waals surface area contributed by atoms with E-state index >= 15 is 0 Å². The van der Waals surface area contributed by atoms with E-state index in [1.807, 2.05) is 0 Å². The second-order valence-electron chi connectivity index (χ2n) is 5.40. The fourth-order valence-corrected chi connectivity index (χ4v) is 2.86. The molecule has 0 spiro atoms. The molecule has 1 aliphatic carbocycles. The van der Waals surface area contributed by atoms with Crippen LogP contribution in [0.15, 0.2) is 35.0 Å². The molecule has 0 saturated carbocycles. The maximum absolute atomic E-state index is 5.94. The van der Waals surface area contributed by atoms with E-state index in [0.29, 0.717) is 17.3 Å². The van der Waals surface area contributed by atoms with Gasteiger partial charge in [-0.3, -0.25) is 4.68 Å². The Morgan fingerprint density at radius 3 is 2.57 bits per heavy atom. The van der Waals surface area contributed by atoms with Gasteiger partial charge in [0.25, 0.3) is 5.89 Å². The Kier molecular flexibility index (Phi) is 2.57. The Labute approximate surface area is 121 Å². The molecule has 0 bridgehead atoms. The van der Waals surface area contributed by atoms with E-state index in [1.54, 1.807) is 17.9 Å². The molecule has 21 heavy (non-hydrogen) atoms. The summed E-state index contributed by atoms with van der Waals surface area (Å²) < 4.78 is 6.95. The lowest BCUT2D eigenvalue weighted by Crippen LogP contribution is -2.00. The standard InChI is InChI=1S/C15H15N5O/c1-20-13(16)12(8-17-20)15-18-14(19-21-15)11-6-9-4-2-3-5-10(9)7-11/h2-5,8,11H,6-7,16H2,1H3. The molecule has 1 aliphatic rings. The molecule has 4 rings (SSSR count). The number of fused-ring (bicyclic) bond motifs is 1. The van der Waals surface area contributed by atoms with Crippen LogP contribution in [0.5, 0.6) is 0 Å². The number of nitrogens with zero attached hydrogens (tertiary/aromatic N) is 4. The average molecular weight is 281 g/mol. The summed E-state index contributed by atoms with van der Waals surface area (Å²) in [6.45, 7) is 0. The predicted molar refractivity (Wildman–Crippen MR) is 77.5 cm³/mol. The predicted octanol–water partition coefficient (Wildman–Crippen LogP) is 1.93. The second-order valence-corrected chi connectivity index (χ2v) is 5.40. The molecule has 2 aromatic heterocycles. The number of hydrogen-bond donors (Lipinski definition) is 1. The van der Waals surface area contributed by atoms with Crippen LogP contribution in [0, 0.1) is 0 Å². The Morgan fingerprint density at radius 2 is 1.95 bits per heavy atom. The van der Waals surface area contributed by atoms with Crippen molar-refractivity contribution in [3.63, 3.8) is 0 Å². The minimum absolute atomic E-state index is 0.276. The van der Waals surface area contributed by atoms with Crippen LogP contribution in [0.4, 0.5) is 5.82 Å². The summed E-state index contributed by atoms with van der Waals surface area (Å²) in [7, 11) is 1.78. The lowest BCUT2D eigenvalue weighted by Gasteiger charge is -2.00. The number of rotatable bonds is 2. The fraction of sp³-hybridized carbons (Fsp3) is 0.267. The first kappa shape index (κ1) is 12.1. The number of nitrogen functional groups attached to an aromatic ring is 1. The van der Waals surface area contributed by atoms with Gasteiger partial charge >= 0.3 is 0 Å². The normalized spacial score (nSPS) is 14.5. The molecule has 6 nitrogen and oxygen atoms in total. The molecular formula is C15H15N5O. The zero-order valence-corrected chi connectivity index (χ0v) is 11.7. The molecule has 0 atom stereocenters. The minimum atomic E-state index is 0.276. The van der Waals surface area contributed by atoms with Gasteiger partial charge in [0.15, 0.2) is 5.82 Å². The summed E-state index contributed by atoms with van der Waals surface area (Å²) >= 11 is 0. The van der Waals surface area contributed by atoms with Crippen LogP contribution in [-0.4, -0.2) is 19.9 Å². The van der Waals surface area contributed by atoms with Crippen molar-refractivity contribution >= 4 is 5.82 Å². The third kappa shape index (κ3) is 1.91. The van der Waals surface area contributed by atoms with Gasteiger partial charge in [0.2, 0.25) is 0 Å². The maximum atomic E-state index is 5.94. The molecule has 0 radical (unpaired) electrons. The van der Waals surface area contributed by atoms with Crippen molar-refractivity contribution in [1.82, 2.24) is 19.9 Å². The molecule has 0 fully saturated rings. The molecule has 1 aromatic carbocycles. The van der Waals surface area contributed by atoms with Gasteiger partial charge in [-0.15, -0.1) is 0 Å². The molecule has 2 N–H and O–H groups in total. The molecule has 3 aromatic rings. The summed E-state index contributed by atoms with van der Waals surface area (Å²) in [4.78, 5) is 4.51. The van der Waals surface area contributed by atoms with Gasteiger partial charge in [0.05, 0.1) is 6.20 Å². The van der Waals surface area contributed by atoms with E-state index in [2.05, 4.69) is 39.5 Å². The summed E-state index contributed by atoms with van der Waals surface area (Å²) in [5, 5.41) is 8.22. The molecule has 0 aliphatic heterocycles. The lowest BCUT2D eigenvalue weighted by atomic mass is 10.1. The van der Waals surface area contributed by atoms with Crippen LogP contribution >= 0.6 is 0 Å². The third-order valence-electron chi connectivity index (χ3n) is 4.07. The topological polar surface area (TPSA) is 82.8 Å². The first-order chi connectivity index (χ1) is 10.2. The quantitative estimate of drug-likeness (QED) is 0.776. The van der Waals surface area contributed by atoms with Crippen molar-refractivity contribution in [1.29, 1.82) is 0 Å². The monoisotopic (exact) mass is 281 g/mol. The number of nitrogens with two attached hydrogens (primary N) is 1. The van der Waals surface area contributed by atoms with Gasteiger partial charge in [-0.2, -0.15) is 10.1 Å². The molecule has 2 heterocycles. The largest absolute Gasteiger partial charge is 0.383 e. The van der Waals surface area contributed by atoms with Crippen LogP contribution in [0.2, 0.25) is 0 Å². The van der Waals surface area contributed by atoms with Crippen LogP contribution in [-0.2, 0) is 19.9 Å². The lowest BCUT2D eigenvalue weighted by molar-refractivity contribution is 0.416. The van der Waals surface area contributed by atoms with Crippen LogP contribution in [0.1, 0.15) is 22.9 Å². The van der Waals surface area contributed by atoms with Crippen molar-refractivity contribution in [3.8, 4) is 11.5 Å². The fourth-order valence-electron chi connectivity index (χ4n) is 2.86. The van der Waals surface area contributed by atoms with Crippen molar-refractivity contribution < 1.29 is 4.52 Å². The number of anilines is 1. The highest BCUT2D eigenvalue weighted by atomic mass is 16.5. The summed E-state index contributed by atoms with van der Waals surface area (Å²) in [5.74, 6) is 1.98. The van der Waals surface area contributed by atoms with E-state index in [-0.39, 0.29) is 5.92 Å². The van der Waals surface area contributed by atoms with E-state index in [9.17, 15) is 0 Å². The van der Waals surface area contributed by atoms with E-state index in [0.717, 1.165) is 18.7 Å². The Balaban J connectivity index is 1.63. The van der Waals surface area contributed by atoms with E-state index < -0.39 is 0 Å². The highest BCUT2D eigenvalue weighted by Gasteiger charge is 2.27. The minimum Gasteiger partial charge on any atom is -0.383 e. The van der Waals surface area contributed by atoms with Crippen LogP contribution in [0.25, 0.3) is 11.5 Å². The summed E-state index contributed by atoms with van der Waals surface area (Å²) in [6.07, 6.45) is 3.56. The van der Waals surface area contributed by atoms with Gasteiger partial charge in [0.1, 0.15) is 11.4 Å². The molecule has 0 unspecified atom stereocenters. The SMILES string of the molecule is Cn1ncc(-c2nc(C3Cc4ccccc4C3)no2)c1N. The average Bonchev–Trinajstić information content (AvgIpc) is 3.18. The van der Waals surface area contributed by atoms with Gasteiger partial charge in [-0.1, -0.05) is 29.4 Å². The van der Waals surface area contributed by atoms with Crippen LogP contribution < -0.4 is 5.73 Å². The van der Waals surface area contributed by atoms with Crippen LogP contribution in [0.3, 0.4) is 0 Å². The zero-order chi connectivity index (χ0) is 14.4. The van der Waals surface area contributed by atoms with Gasteiger partial charge < -0.3 is 10.3 Å². The summed E-state index contributed by atoms with van der Waals surface area (Å²) in [6, 6.07) is 8.46. The number of aromatic nitrogens is 4. The molecule has 0 saturated heterocycles. The first-order valence-corrected chi connectivity index (χ1v) is 6.90. The maximum Gasteiger partial charge on any atom is 0.263 e. The van der Waals surface area contributed by atoms with E-state index in [4.69, 9.17) is 10.3 Å². The van der Waals surface area contributed by atoms with Crippen molar-refractivity contribution in [2.45, 2.75) is 18.8 Å². The smallest absolute Gasteiger partial charge is 0.263 e. The van der Waals surface area contributed by atoms with Crippen molar-refractivity contribution in [2.75, 3.05) is 5.73 Å². The second kappa shape index (κ2) is 4.44. The Morgan fingerprint density at radius 1 is 1.24 bits per heavy atom. The number of benzene rings is 1. The van der Waals surface area contributed by atoms with Gasteiger partial charge in [-0.05, 0) is 24.0 Å². The molecule has 106 valence electrons.